The Kier molecular flexibility index (Phi) is 3.04. The van der Waals surface area contributed by atoms with Crippen LogP contribution in [-0.2, 0) is 4.74 Å². The highest BCUT2D eigenvalue weighted by molar-refractivity contribution is 5.94. The largest absolute Gasteiger partial charge is 0.377 e. The number of amides is 2. The van der Waals surface area contributed by atoms with Gasteiger partial charge in [-0.15, -0.1) is 0 Å². The van der Waals surface area contributed by atoms with Crippen LogP contribution in [0.1, 0.15) is 12.8 Å². The van der Waals surface area contributed by atoms with Crippen molar-refractivity contribution >= 4 is 22.6 Å². The third-order valence-corrected chi connectivity index (χ3v) is 4.94. The van der Waals surface area contributed by atoms with E-state index in [4.69, 9.17) is 4.74 Å². The summed E-state index contributed by atoms with van der Waals surface area (Å²) in [5, 5.41) is 17.8. The number of morpholine rings is 1. The lowest BCUT2D eigenvalue weighted by Crippen LogP contribution is -2.52. The number of ether oxygens (including phenoxy) is 1. The number of aromatic nitrogens is 5. The van der Waals surface area contributed by atoms with E-state index < -0.39 is 0 Å². The predicted molar refractivity (Wildman–Crippen MR) is 90.0 cm³/mol. The number of anilines is 1. The van der Waals surface area contributed by atoms with Crippen LogP contribution >= 0.6 is 0 Å². The number of hydrogen-bond acceptors (Lipinski definition) is 5. The van der Waals surface area contributed by atoms with Crippen molar-refractivity contribution in [3.05, 3.63) is 24.7 Å². The molecule has 3 aromatic rings. The van der Waals surface area contributed by atoms with Gasteiger partial charge in [-0.1, -0.05) is 0 Å². The molecule has 3 N–H and O–H groups in total. The van der Waals surface area contributed by atoms with Gasteiger partial charge in [0.05, 0.1) is 48.0 Å². The molecule has 5 rings (SSSR count). The van der Waals surface area contributed by atoms with Crippen molar-refractivity contribution in [1.29, 1.82) is 0 Å². The first-order valence-corrected chi connectivity index (χ1v) is 8.24. The molecule has 2 fully saturated rings. The van der Waals surface area contributed by atoms with Crippen molar-refractivity contribution in [2.75, 3.05) is 25.1 Å². The highest BCUT2D eigenvalue weighted by atomic mass is 16.5. The smallest absolute Gasteiger partial charge is 0.322 e. The average molecular weight is 339 g/mol. The highest BCUT2D eigenvalue weighted by Crippen LogP contribution is 2.43. The Labute approximate surface area is 142 Å². The lowest BCUT2D eigenvalue weighted by atomic mass is 10.2. The molecule has 128 valence electrons. The van der Waals surface area contributed by atoms with Crippen molar-refractivity contribution in [2.45, 2.75) is 18.4 Å². The number of hydrogen-bond donors (Lipinski definition) is 3. The van der Waals surface area contributed by atoms with Gasteiger partial charge in [0, 0.05) is 18.1 Å². The number of nitrogens with zero attached hydrogens (tertiary/aromatic N) is 4. The molecule has 0 bridgehead atoms. The number of pyridine rings is 1. The molecule has 9 heteroatoms. The molecule has 3 aromatic heterocycles. The number of carbonyl (C=O) groups is 1. The van der Waals surface area contributed by atoms with Crippen LogP contribution < -0.4 is 5.32 Å². The third kappa shape index (κ3) is 2.35. The van der Waals surface area contributed by atoms with Gasteiger partial charge in [0.2, 0.25) is 0 Å². The number of rotatable bonds is 2. The molecule has 0 radical (unpaired) electrons. The summed E-state index contributed by atoms with van der Waals surface area (Å²) in [6.07, 6.45) is 7.05. The summed E-state index contributed by atoms with van der Waals surface area (Å²) < 4.78 is 5.53. The molecule has 2 aliphatic rings. The maximum absolute atomic E-state index is 12.8. The fourth-order valence-corrected chi connectivity index (χ4v) is 3.34. The summed E-state index contributed by atoms with van der Waals surface area (Å²) in [6.45, 7) is 1.81. The van der Waals surface area contributed by atoms with Crippen LogP contribution in [0.4, 0.5) is 10.5 Å². The maximum Gasteiger partial charge on any atom is 0.322 e. The molecule has 25 heavy (non-hydrogen) atoms. The standard InChI is InChI=1S/C16H17N7O2/c24-15(23-3-4-25-9-16(23)1-2-16)20-13-8-19-22-14(13)12-5-11-10(6-17-12)7-18-21-11/h5-8H,1-4,9H2,(H,18,21)(H,19,22)(H,20,24). The molecule has 0 atom stereocenters. The fourth-order valence-electron chi connectivity index (χ4n) is 3.34. The van der Waals surface area contributed by atoms with Crippen LogP contribution in [0.2, 0.25) is 0 Å². The summed E-state index contributed by atoms with van der Waals surface area (Å²) in [5.74, 6) is 0. The monoisotopic (exact) mass is 339 g/mol. The van der Waals surface area contributed by atoms with Crippen LogP contribution in [0, 0.1) is 0 Å². The third-order valence-electron chi connectivity index (χ3n) is 4.94. The predicted octanol–water partition coefficient (Wildman–Crippen LogP) is 1.74. The van der Waals surface area contributed by atoms with E-state index in [2.05, 4.69) is 30.7 Å². The van der Waals surface area contributed by atoms with Gasteiger partial charge < -0.3 is 15.0 Å². The highest BCUT2D eigenvalue weighted by Gasteiger charge is 2.52. The lowest BCUT2D eigenvalue weighted by molar-refractivity contribution is 0.00404. The SMILES string of the molecule is O=C(Nc1cn[nH]c1-c1cc2[nH]ncc2cn1)N1CCOCC12CC2. The summed E-state index contributed by atoms with van der Waals surface area (Å²) in [7, 11) is 0. The Morgan fingerprint density at radius 1 is 1.24 bits per heavy atom. The van der Waals surface area contributed by atoms with E-state index in [-0.39, 0.29) is 11.6 Å². The quantitative estimate of drug-likeness (QED) is 0.658. The summed E-state index contributed by atoms with van der Waals surface area (Å²) >= 11 is 0. The molecule has 1 aliphatic heterocycles. The van der Waals surface area contributed by atoms with Gasteiger partial charge in [0.15, 0.2) is 0 Å². The normalized spacial score (nSPS) is 18.6. The Bertz CT molecular complexity index is 943. The Morgan fingerprint density at radius 3 is 3.00 bits per heavy atom. The zero-order valence-corrected chi connectivity index (χ0v) is 13.5. The minimum atomic E-state index is -0.119. The fraction of sp³-hybridized carbons (Fsp3) is 0.375. The molecule has 0 aromatic carbocycles. The van der Waals surface area contributed by atoms with E-state index in [1.54, 1.807) is 18.6 Å². The van der Waals surface area contributed by atoms with Crippen LogP contribution in [0.25, 0.3) is 22.3 Å². The van der Waals surface area contributed by atoms with Crippen molar-refractivity contribution in [2.24, 2.45) is 0 Å². The van der Waals surface area contributed by atoms with Gasteiger partial charge in [-0.2, -0.15) is 10.2 Å². The molecular formula is C16H17N7O2. The molecule has 1 saturated carbocycles. The van der Waals surface area contributed by atoms with E-state index in [9.17, 15) is 4.79 Å². The Balaban J connectivity index is 1.42. The number of urea groups is 1. The second-order valence-corrected chi connectivity index (χ2v) is 6.54. The Morgan fingerprint density at radius 2 is 2.12 bits per heavy atom. The molecule has 4 heterocycles. The topological polar surface area (TPSA) is 112 Å². The summed E-state index contributed by atoms with van der Waals surface area (Å²) in [4.78, 5) is 19.1. The first kappa shape index (κ1) is 14.4. The van der Waals surface area contributed by atoms with Crippen molar-refractivity contribution in [3.63, 3.8) is 0 Å². The van der Waals surface area contributed by atoms with E-state index in [1.807, 2.05) is 11.0 Å². The summed E-state index contributed by atoms with van der Waals surface area (Å²) in [6, 6.07) is 1.76. The molecule has 1 saturated heterocycles. The first-order valence-electron chi connectivity index (χ1n) is 8.24. The average Bonchev–Trinajstić information content (AvgIpc) is 3.05. The second kappa shape index (κ2) is 5.28. The first-order chi connectivity index (χ1) is 12.3. The zero-order chi connectivity index (χ0) is 16.9. The maximum atomic E-state index is 12.8. The number of nitrogens with one attached hydrogen (secondary N) is 3. The molecule has 1 spiro atoms. The van der Waals surface area contributed by atoms with E-state index in [1.165, 1.54) is 0 Å². The van der Waals surface area contributed by atoms with Gasteiger partial charge >= 0.3 is 6.03 Å². The summed E-state index contributed by atoms with van der Waals surface area (Å²) in [5.41, 5.74) is 2.73. The number of H-pyrrole nitrogens is 2. The van der Waals surface area contributed by atoms with Crippen molar-refractivity contribution < 1.29 is 9.53 Å². The van der Waals surface area contributed by atoms with Gasteiger partial charge in [-0.25, -0.2) is 4.79 Å². The van der Waals surface area contributed by atoms with Gasteiger partial charge in [-0.05, 0) is 18.9 Å². The number of aromatic amines is 2. The van der Waals surface area contributed by atoms with E-state index in [0.717, 1.165) is 23.7 Å². The number of carbonyl (C=O) groups excluding carboxylic acids is 1. The van der Waals surface area contributed by atoms with Gasteiger partial charge in [0.25, 0.3) is 0 Å². The molecule has 0 unspecified atom stereocenters. The minimum absolute atomic E-state index is 0.112. The molecule has 9 nitrogen and oxygen atoms in total. The second-order valence-electron chi connectivity index (χ2n) is 6.54. The van der Waals surface area contributed by atoms with Gasteiger partial charge in [0.1, 0.15) is 5.69 Å². The van der Waals surface area contributed by atoms with E-state index >= 15 is 0 Å². The van der Waals surface area contributed by atoms with E-state index in [0.29, 0.717) is 36.8 Å². The lowest BCUT2D eigenvalue weighted by Gasteiger charge is -2.35. The van der Waals surface area contributed by atoms with Crippen molar-refractivity contribution in [1.82, 2.24) is 30.3 Å². The molecular weight excluding hydrogens is 322 g/mol. The van der Waals surface area contributed by atoms with Crippen LogP contribution in [0.5, 0.6) is 0 Å². The Hall–Kier alpha value is -2.94. The molecule has 1 aliphatic carbocycles. The van der Waals surface area contributed by atoms with Crippen LogP contribution in [0.15, 0.2) is 24.7 Å². The number of fused-ring (bicyclic) bond motifs is 1. The van der Waals surface area contributed by atoms with Gasteiger partial charge in [-0.3, -0.25) is 15.2 Å². The zero-order valence-electron chi connectivity index (χ0n) is 13.5. The van der Waals surface area contributed by atoms with Crippen LogP contribution in [0.3, 0.4) is 0 Å². The van der Waals surface area contributed by atoms with Crippen LogP contribution in [-0.4, -0.2) is 61.6 Å². The molecule has 2 amide bonds. The minimum Gasteiger partial charge on any atom is -0.377 e. The van der Waals surface area contributed by atoms with Crippen molar-refractivity contribution in [3.8, 4) is 11.4 Å².